The van der Waals surface area contributed by atoms with Gasteiger partial charge < -0.3 is 29.4 Å². The number of para-hydroxylation sites is 2. The average Bonchev–Trinajstić information content (AvgIpc) is 3.51. The Morgan fingerprint density at radius 2 is 1.74 bits per heavy atom. The smallest absolute Gasteiger partial charge is 0.341 e. The van der Waals surface area contributed by atoms with Gasteiger partial charge in [-0.3, -0.25) is 4.79 Å². The summed E-state index contributed by atoms with van der Waals surface area (Å²) in [5.74, 6) is -1.43. The van der Waals surface area contributed by atoms with Gasteiger partial charge in [0.2, 0.25) is 5.60 Å². The number of aromatic nitrogens is 2. The first-order chi connectivity index (χ1) is 16.4. The summed E-state index contributed by atoms with van der Waals surface area (Å²) < 4.78 is 10.4. The molecule has 1 saturated heterocycles. The van der Waals surface area contributed by atoms with Crippen molar-refractivity contribution in [1.82, 2.24) is 14.5 Å². The lowest BCUT2D eigenvalue weighted by molar-refractivity contribution is -0.200. The Bertz CT molecular complexity index is 1810. The Morgan fingerprint density at radius 3 is 2.47 bits per heavy atom. The van der Waals surface area contributed by atoms with E-state index < -0.39 is 23.5 Å². The van der Waals surface area contributed by atoms with E-state index in [0.29, 0.717) is 12.1 Å². The molecule has 5 aromatic rings. The highest BCUT2D eigenvalue weighted by Gasteiger charge is 2.65. The molecule has 0 spiro atoms. The Hall–Kier alpha value is -3.88. The molecule has 3 N–H and O–H groups in total. The molecule has 1 amide bonds. The molecule has 1 fully saturated rings. The van der Waals surface area contributed by atoms with E-state index in [1.807, 2.05) is 57.7 Å². The van der Waals surface area contributed by atoms with Crippen LogP contribution in [0.25, 0.3) is 43.6 Å². The lowest BCUT2D eigenvalue weighted by atomic mass is 9.89. The van der Waals surface area contributed by atoms with Gasteiger partial charge in [-0.1, -0.05) is 36.4 Å². The normalized spacial score (nSPS) is 27.2. The number of nitrogens with one attached hydrogen (secondary N) is 1. The topological polar surface area (TPSA) is 106 Å². The maximum Gasteiger partial charge on any atom is 0.341 e. The van der Waals surface area contributed by atoms with Crippen molar-refractivity contribution >= 4 is 55.5 Å². The number of benzene rings is 3. The highest BCUT2D eigenvalue weighted by Crippen LogP contribution is 2.57. The zero-order valence-corrected chi connectivity index (χ0v) is 18.1. The van der Waals surface area contributed by atoms with Crippen molar-refractivity contribution in [2.45, 2.75) is 37.4 Å². The lowest BCUT2D eigenvalue weighted by Crippen LogP contribution is -2.55. The molecule has 1 unspecified atom stereocenters. The Labute approximate surface area is 191 Å². The van der Waals surface area contributed by atoms with Crippen molar-refractivity contribution in [3.63, 3.8) is 0 Å². The van der Waals surface area contributed by atoms with E-state index in [-0.39, 0.29) is 12.3 Å². The molecule has 0 radical (unpaired) electrons. The van der Waals surface area contributed by atoms with Crippen molar-refractivity contribution in [3.8, 4) is 0 Å². The van der Waals surface area contributed by atoms with Crippen LogP contribution in [0.1, 0.15) is 35.5 Å². The van der Waals surface area contributed by atoms with Crippen molar-refractivity contribution in [1.29, 1.82) is 0 Å². The van der Waals surface area contributed by atoms with Gasteiger partial charge >= 0.3 is 5.97 Å². The summed E-state index contributed by atoms with van der Waals surface area (Å²) in [5, 5.41) is 28.4. The second-order valence-corrected chi connectivity index (χ2v) is 9.65. The van der Waals surface area contributed by atoms with Crippen LogP contribution in [-0.2, 0) is 21.8 Å². The first kappa shape index (κ1) is 18.5. The third-order valence-corrected chi connectivity index (χ3v) is 8.19. The molecule has 8 heteroatoms. The molecule has 2 aromatic heterocycles. The van der Waals surface area contributed by atoms with Crippen molar-refractivity contribution in [2.75, 3.05) is 0 Å². The fourth-order valence-electron chi connectivity index (χ4n) is 6.73. The number of hydrogen-bond donors (Lipinski definition) is 3. The molecule has 8 rings (SSSR count). The van der Waals surface area contributed by atoms with Gasteiger partial charge in [0.25, 0.3) is 5.91 Å². The maximum atomic E-state index is 13.2. The summed E-state index contributed by atoms with van der Waals surface area (Å²) in [6.07, 6.45) is -0.846. The number of nitrogens with zero attached hydrogens (tertiary/aromatic N) is 2. The summed E-state index contributed by atoms with van der Waals surface area (Å²) in [6.45, 7) is 2.04. The third kappa shape index (κ3) is 1.71. The van der Waals surface area contributed by atoms with E-state index in [2.05, 4.69) is 5.32 Å². The predicted octanol–water partition coefficient (Wildman–Crippen LogP) is 3.57. The van der Waals surface area contributed by atoms with Gasteiger partial charge in [0.05, 0.1) is 27.6 Å². The first-order valence-electron chi connectivity index (χ1n) is 11.3. The number of aliphatic hydroxyl groups is 1. The highest BCUT2D eigenvalue weighted by molar-refractivity contribution is 6.31. The number of ether oxygens (including phenoxy) is 1. The summed E-state index contributed by atoms with van der Waals surface area (Å²) in [4.78, 5) is 25.7. The zero-order valence-electron chi connectivity index (χ0n) is 18.1. The van der Waals surface area contributed by atoms with Crippen molar-refractivity contribution in [2.24, 2.45) is 0 Å². The van der Waals surface area contributed by atoms with E-state index in [4.69, 9.17) is 4.74 Å². The fraction of sp³-hybridized carbons (Fsp3) is 0.231. The lowest BCUT2D eigenvalue weighted by Gasteiger charge is -2.36. The largest absolute Gasteiger partial charge is 0.479 e. The van der Waals surface area contributed by atoms with Crippen LogP contribution in [0.5, 0.6) is 0 Å². The first-order valence-corrected chi connectivity index (χ1v) is 11.3. The van der Waals surface area contributed by atoms with Gasteiger partial charge in [0, 0.05) is 34.5 Å². The number of aliphatic carboxylic acids is 1. The minimum atomic E-state index is -2.16. The Balaban J connectivity index is 1.77. The molecule has 5 heterocycles. The number of carbonyl (C=O) groups excluding carboxylic acids is 1. The molecule has 168 valence electrons. The molecule has 0 saturated carbocycles. The molecule has 3 aliphatic heterocycles. The second kappa shape index (κ2) is 5.43. The van der Waals surface area contributed by atoms with Gasteiger partial charge in [-0.15, -0.1) is 0 Å². The van der Waals surface area contributed by atoms with Gasteiger partial charge in [0.15, 0.2) is 5.72 Å². The molecule has 34 heavy (non-hydrogen) atoms. The van der Waals surface area contributed by atoms with Gasteiger partial charge in [-0.2, -0.15) is 0 Å². The molecule has 8 nitrogen and oxygen atoms in total. The van der Waals surface area contributed by atoms with Gasteiger partial charge in [-0.25, -0.2) is 4.79 Å². The quantitative estimate of drug-likeness (QED) is 0.360. The monoisotopic (exact) mass is 453 g/mol. The number of fused-ring (bicyclic) bond motifs is 13. The van der Waals surface area contributed by atoms with Crippen LogP contribution < -0.4 is 5.32 Å². The van der Waals surface area contributed by atoms with Crippen LogP contribution in [0.15, 0.2) is 48.5 Å². The summed E-state index contributed by atoms with van der Waals surface area (Å²) in [5.41, 5.74) is 1.05. The molecule has 0 aliphatic carbocycles. The van der Waals surface area contributed by atoms with Gasteiger partial charge in [-0.05, 0) is 24.6 Å². The molecule has 3 aliphatic rings. The van der Waals surface area contributed by atoms with Crippen molar-refractivity contribution in [3.05, 3.63) is 59.7 Å². The third-order valence-electron chi connectivity index (χ3n) is 8.19. The molecule has 2 bridgehead atoms. The average molecular weight is 453 g/mol. The fourth-order valence-corrected chi connectivity index (χ4v) is 6.73. The highest BCUT2D eigenvalue weighted by atomic mass is 16.6. The van der Waals surface area contributed by atoms with Crippen LogP contribution >= 0.6 is 0 Å². The molecular formula is C26H19N3O5. The van der Waals surface area contributed by atoms with E-state index in [1.54, 1.807) is 6.92 Å². The van der Waals surface area contributed by atoms with Crippen LogP contribution in [0, 0.1) is 0 Å². The van der Waals surface area contributed by atoms with Crippen LogP contribution in [0.4, 0.5) is 0 Å². The molecule has 3 atom stereocenters. The van der Waals surface area contributed by atoms with Crippen LogP contribution in [0.2, 0.25) is 0 Å². The minimum absolute atomic E-state index is 0.111. The van der Waals surface area contributed by atoms with Crippen molar-refractivity contribution < 1.29 is 24.5 Å². The van der Waals surface area contributed by atoms with E-state index in [9.17, 15) is 19.8 Å². The number of carbonyl (C=O) groups is 2. The minimum Gasteiger partial charge on any atom is -0.479 e. The summed E-state index contributed by atoms with van der Waals surface area (Å²) >= 11 is 0. The number of rotatable bonds is 1. The van der Waals surface area contributed by atoms with Crippen LogP contribution in [-0.4, -0.2) is 36.8 Å². The summed E-state index contributed by atoms with van der Waals surface area (Å²) in [6, 6.07) is 15.5. The van der Waals surface area contributed by atoms with Gasteiger partial charge in [0.1, 0.15) is 6.23 Å². The Kier molecular flexibility index (Phi) is 2.96. The second-order valence-electron chi connectivity index (χ2n) is 9.65. The molecule has 3 aromatic carbocycles. The van der Waals surface area contributed by atoms with Crippen LogP contribution in [0.3, 0.4) is 0 Å². The number of carboxylic acids is 1. The van der Waals surface area contributed by atoms with E-state index in [1.165, 1.54) is 0 Å². The SMILES string of the molecule is C[C@@]12OC(C[C@@]1(O)C(=O)O)n1c3ccccc3c3c4c(c5c6ccccc6n2c5c31)CNC4=O. The molecular weight excluding hydrogens is 434 g/mol. The predicted molar refractivity (Wildman–Crippen MR) is 125 cm³/mol. The number of carboxylic acid groups (broad SMARTS) is 1. The van der Waals surface area contributed by atoms with E-state index >= 15 is 0 Å². The van der Waals surface area contributed by atoms with E-state index in [0.717, 1.165) is 49.2 Å². The number of hydrogen-bond acceptors (Lipinski definition) is 4. The maximum absolute atomic E-state index is 13.2. The zero-order chi connectivity index (χ0) is 23.1. The Morgan fingerprint density at radius 1 is 1.06 bits per heavy atom. The standard InChI is InChI=1S/C26H19N3O5/c1-25-26(33,24(31)32)10-17(34-25)28-15-8-4-2-6-12(15)19-20-14(11-27-23(20)30)18-13-7-3-5-9-16(13)29(25)22(18)21(19)28/h2-9,17,33H,10-11H2,1H3,(H,27,30)(H,31,32)/t17?,25-,26-/m1/s1. The number of amides is 1. The summed E-state index contributed by atoms with van der Waals surface area (Å²) in [7, 11) is 0.